The summed E-state index contributed by atoms with van der Waals surface area (Å²) in [6.07, 6.45) is 9.19. The van der Waals surface area contributed by atoms with Crippen LogP contribution in [0.1, 0.15) is 46.2 Å². The minimum absolute atomic E-state index is 0.999. The van der Waals surface area contributed by atoms with Crippen molar-refractivity contribution >= 4 is 28.0 Å². The molecule has 9 rings (SSSR count). The van der Waals surface area contributed by atoms with Gasteiger partial charge in [0, 0.05) is 0 Å². The normalized spacial score (nSPS) is 13.8. The molecule has 0 heterocycles. The third-order valence-corrected chi connectivity index (χ3v) is 10.3. The van der Waals surface area contributed by atoms with Gasteiger partial charge in [0.1, 0.15) is 0 Å². The second-order valence-electron chi connectivity index (χ2n) is 13.1. The highest BCUT2D eigenvalue weighted by Gasteiger charge is 2.27. The summed E-state index contributed by atoms with van der Waals surface area (Å²) < 4.78 is 0. The maximum atomic E-state index is 2.52. The number of benzene rings is 7. The first kappa shape index (κ1) is 28.5. The second kappa shape index (κ2) is 12.1. The monoisotopic (exact) mass is 612 g/mol. The van der Waals surface area contributed by atoms with E-state index in [0.717, 1.165) is 25.7 Å². The second-order valence-corrected chi connectivity index (χ2v) is 13.1. The smallest absolute Gasteiger partial charge is 0.00266 e. The Morgan fingerprint density at radius 3 is 1.71 bits per heavy atom. The molecule has 0 bridgehead atoms. The maximum Gasteiger partial charge on any atom is -0.00266 e. The first-order valence-electron chi connectivity index (χ1n) is 17.2. The molecule has 0 atom stereocenters. The van der Waals surface area contributed by atoms with Gasteiger partial charge in [0.2, 0.25) is 0 Å². The Morgan fingerprint density at radius 1 is 0.396 bits per heavy atom. The van der Waals surface area contributed by atoms with Crippen LogP contribution in [0.5, 0.6) is 0 Å². The van der Waals surface area contributed by atoms with E-state index in [1.54, 1.807) is 0 Å². The van der Waals surface area contributed by atoms with Crippen molar-refractivity contribution in [2.75, 3.05) is 0 Å². The standard InChI is InChI=1S/C48H36/c1-4-13-33(14-5-1)36-23-25-38(26-24-36)47-43-29-27-40(35-17-8-3-9-18-35)32-46(43)48(42-22-12-20-37-19-10-11-21-41(37)42)44-30-28-39(31-45(44)47)34-15-6-2-7-16-34/h1-11,13-19,21-26,28,30-32H,12,20,27,29H2. The molecule has 0 radical (unpaired) electrons. The van der Waals surface area contributed by atoms with Gasteiger partial charge in [0.25, 0.3) is 0 Å². The molecule has 0 unspecified atom stereocenters. The maximum absolute atomic E-state index is 2.52. The summed E-state index contributed by atoms with van der Waals surface area (Å²) in [5.74, 6) is 0. The number of fused-ring (bicyclic) bond motifs is 3. The molecule has 0 fully saturated rings. The summed E-state index contributed by atoms with van der Waals surface area (Å²) in [6, 6.07) is 58.0. The topological polar surface area (TPSA) is 0 Å². The van der Waals surface area contributed by atoms with Gasteiger partial charge in [-0.25, -0.2) is 0 Å². The predicted molar refractivity (Wildman–Crippen MR) is 205 cm³/mol. The zero-order chi connectivity index (χ0) is 31.9. The number of allylic oxidation sites excluding steroid dienone is 2. The van der Waals surface area contributed by atoms with Crippen molar-refractivity contribution in [3.63, 3.8) is 0 Å². The molecular formula is C48H36. The van der Waals surface area contributed by atoms with Gasteiger partial charge in [-0.1, -0.05) is 164 Å². The van der Waals surface area contributed by atoms with Crippen LogP contribution < -0.4 is 0 Å². The number of rotatable bonds is 5. The Labute approximate surface area is 283 Å². The van der Waals surface area contributed by atoms with Crippen molar-refractivity contribution in [1.29, 1.82) is 0 Å². The molecule has 228 valence electrons. The van der Waals surface area contributed by atoms with E-state index in [1.807, 2.05) is 0 Å². The molecule has 0 heteroatoms. The van der Waals surface area contributed by atoms with Gasteiger partial charge in [-0.3, -0.25) is 0 Å². The van der Waals surface area contributed by atoms with E-state index in [2.05, 4.69) is 170 Å². The molecule has 0 aliphatic heterocycles. The highest BCUT2D eigenvalue weighted by molar-refractivity contribution is 6.12. The SMILES string of the molecule is C1=C(c2ccccc2)CCc2c1c(C1=CCCc3ccccc31)c1ccc(-c3ccccc3)cc1c2-c1ccc(-c2ccccc2)cc1. The Hall–Kier alpha value is -5.72. The van der Waals surface area contributed by atoms with E-state index in [9.17, 15) is 0 Å². The van der Waals surface area contributed by atoms with Gasteiger partial charge in [-0.15, -0.1) is 0 Å². The van der Waals surface area contributed by atoms with Crippen LogP contribution in [0, 0.1) is 0 Å². The van der Waals surface area contributed by atoms with Crippen LogP contribution in [0.4, 0.5) is 0 Å². The first-order valence-corrected chi connectivity index (χ1v) is 17.2. The average Bonchev–Trinajstić information content (AvgIpc) is 3.17. The zero-order valence-corrected chi connectivity index (χ0v) is 27.0. The van der Waals surface area contributed by atoms with Gasteiger partial charge in [0.15, 0.2) is 0 Å². The largest absolute Gasteiger partial charge is 0.0757 e. The summed E-state index contributed by atoms with van der Waals surface area (Å²) in [5, 5.41) is 2.65. The Bertz CT molecular complexity index is 2340. The van der Waals surface area contributed by atoms with Gasteiger partial charge in [0.05, 0.1) is 0 Å². The summed E-state index contributed by atoms with van der Waals surface area (Å²) >= 11 is 0. The zero-order valence-electron chi connectivity index (χ0n) is 27.0. The molecule has 0 nitrogen and oxygen atoms in total. The van der Waals surface area contributed by atoms with Crippen LogP contribution in [0.25, 0.3) is 61.4 Å². The van der Waals surface area contributed by atoms with Gasteiger partial charge in [-0.2, -0.15) is 0 Å². The molecular weight excluding hydrogens is 577 g/mol. The third kappa shape index (κ3) is 5.02. The Balaban J connectivity index is 1.36. The molecule has 0 spiro atoms. The third-order valence-electron chi connectivity index (χ3n) is 10.3. The summed E-state index contributed by atoms with van der Waals surface area (Å²) in [6.45, 7) is 0. The molecule has 7 aromatic rings. The molecule has 0 saturated carbocycles. The van der Waals surface area contributed by atoms with Gasteiger partial charge < -0.3 is 0 Å². The van der Waals surface area contributed by atoms with Crippen LogP contribution in [0.2, 0.25) is 0 Å². The van der Waals surface area contributed by atoms with Crippen molar-refractivity contribution in [2.45, 2.75) is 25.7 Å². The van der Waals surface area contributed by atoms with Crippen LogP contribution in [0.3, 0.4) is 0 Å². The van der Waals surface area contributed by atoms with E-state index in [0.29, 0.717) is 0 Å². The van der Waals surface area contributed by atoms with Crippen LogP contribution in [0.15, 0.2) is 164 Å². The van der Waals surface area contributed by atoms with E-state index in [4.69, 9.17) is 0 Å². The minimum atomic E-state index is 0.999. The minimum Gasteiger partial charge on any atom is -0.0757 e. The van der Waals surface area contributed by atoms with Crippen molar-refractivity contribution in [3.05, 3.63) is 197 Å². The van der Waals surface area contributed by atoms with Crippen molar-refractivity contribution in [1.82, 2.24) is 0 Å². The molecule has 0 aromatic heterocycles. The van der Waals surface area contributed by atoms with E-state index >= 15 is 0 Å². The predicted octanol–water partition coefficient (Wildman–Crippen LogP) is 12.7. The fourth-order valence-electron chi connectivity index (χ4n) is 7.98. The van der Waals surface area contributed by atoms with Gasteiger partial charge >= 0.3 is 0 Å². The van der Waals surface area contributed by atoms with Crippen LogP contribution >= 0.6 is 0 Å². The lowest BCUT2D eigenvalue weighted by molar-refractivity contribution is 0.975. The highest BCUT2D eigenvalue weighted by Crippen LogP contribution is 2.48. The molecule has 7 aromatic carbocycles. The molecule has 0 amide bonds. The van der Waals surface area contributed by atoms with E-state index < -0.39 is 0 Å². The van der Waals surface area contributed by atoms with Crippen molar-refractivity contribution in [3.8, 4) is 33.4 Å². The highest BCUT2D eigenvalue weighted by atomic mass is 14.3. The molecule has 0 saturated heterocycles. The molecule has 2 aliphatic carbocycles. The van der Waals surface area contributed by atoms with E-state index in [1.165, 1.54) is 88.7 Å². The quantitative estimate of drug-likeness (QED) is 0.181. The Morgan fingerprint density at radius 2 is 0.979 bits per heavy atom. The van der Waals surface area contributed by atoms with Crippen molar-refractivity contribution in [2.24, 2.45) is 0 Å². The molecule has 0 N–H and O–H groups in total. The van der Waals surface area contributed by atoms with Crippen LogP contribution in [-0.4, -0.2) is 0 Å². The molecule has 48 heavy (non-hydrogen) atoms. The van der Waals surface area contributed by atoms with Crippen molar-refractivity contribution < 1.29 is 0 Å². The van der Waals surface area contributed by atoms with E-state index in [-0.39, 0.29) is 0 Å². The lowest BCUT2D eigenvalue weighted by atomic mass is 9.75. The fraction of sp³-hybridized carbons (Fsp3) is 0.0833. The number of hydrogen-bond donors (Lipinski definition) is 0. The fourth-order valence-corrected chi connectivity index (χ4v) is 7.98. The lowest BCUT2D eigenvalue weighted by Gasteiger charge is -2.29. The number of aryl methyl sites for hydroxylation is 1. The summed E-state index contributed by atoms with van der Waals surface area (Å²) in [5.41, 5.74) is 18.8. The van der Waals surface area contributed by atoms with Crippen LogP contribution in [-0.2, 0) is 12.8 Å². The number of hydrogen-bond acceptors (Lipinski definition) is 0. The Kier molecular flexibility index (Phi) is 7.21. The lowest BCUT2D eigenvalue weighted by Crippen LogP contribution is -2.09. The summed E-state index contributed by atoms with van der Waals surface area (Å²) in [4.78, 5) is 0. The molecule has 2 aliphatic rings. The average molecular weight is 613 g/mol. The first-order chi connectivity index (χ1) is 23.8. The van der Waals surface area contributed by atoms with Gasteiger partial charge in [-0.05, 0) is 120 Å². The summed E-state index contributed by atoms with van der Waals surface area (Å²) in [7, 11) is 0.